The van der Waals surface area contributed by atoms with Crippen molar-refractivity contribution in [3.05, 3.63) is 24.4 Å². The van der Waals surface area contributed by atoms with Gasteiger partial charge in [-0.3, -0.25) is 14.9 Å². The van der Waals surface area contributed by atoms with Crippen LogP contribution in [0.2, 0.25) is 0 Å². The van der Waals surface area contributed by atoms with Gasteiger partial charge >= 0.3 is 5.97 Å². The van der Waals surface area contributed by atoms with E-state index in [1.54, 1.807) is 18.4 Å². The van der Waals surface area contributed by atoms with Gasteiger partial charge in [-0.05, 0) is 19.4 Å². The molecule has 0 aliphatic carbocycles. The van der Waals surface area contributed by atoms with Crippen LogP contribution in [-0.4, -0.2) is 28.9 Å². The number of ketones is 1. The van der Waals surface area contributed by atoms with Gasteiger partial charge in [-0.1, -0.05) is 25.8 Å². The zero-order valence-electron chi connectivity index (χ0n) is 12.7. The van der Waals surface area contributed by atoms with Crippen LogP contribution in [0, 0.1) is 5.92 Å². The van der Waals surface area contributed by atoms with Crippen LogP contribution in [-0.2, 0) is 14.3 Å². The van der Waals surface area contributed by atoms with Gasteiger partial charge in [0, 0.05) is 18.7 Å². The second kappa shape index (κ2) is 6.80. The van der Waals surface area contributed by atoms with Crippen LogP contribution in [0.15, 0.2) is 24.4 Å². The Morgan fingerprint density at radius 3 is 3.00 bits per heavy atom. The summed E-state index contributed by atoms with van der Waals surface area (Å²) in [6, 6.07) is 5.55. The summed E-state index contributed by atoms with van der Waals surface area (Å²) in [7, 11) is 0. The fourth-order valence-corrected chi connectivity index (χ4v) is 2.65. The zero-order chi connectivity index (χ0) is 15.3. The first-order chi connectivity index (χ1) is 10.0. The molecule has 2 N–H and O–H groups in total. The topological polar surface area (TPSA) is 72.9 Å². The monoisotopic (exact) mass is 291 g/mol. The van der Waals surface area contributed by atoms with Gasteiger partial charge in [0.25, 0.3) is 0 Å². The van der Waals surface area contributed by atoms with Crippen LogP contribution in [0.3, 0.4) is 0 Å². The van der Waals surface area contributed by atoms with Crippen LogP contribution in [0.25, 0.3) is 0 Å². The molecule has 2 unspecified atom stereocenters. The molecule has 21 heavy (non-hydrogen) atoms. The van der Waals surface area contributed by atoms with Crippen molar-refractivity contribution < 1.29 is 19.6 Å². The van der Waals surface area contributed by atoms with Crippen molar-refractivity contribution in [2.75, 3.05) is 6.54 Å². The predicted molar refractivity (Wildman–Crippen MR) is 77.8 cm³/mol. The lowest BCUT2D eigenvalue weighted by molar-refractivity contribution is -0.563. The quantitative estimate of drug-likeness (QED) is 0.770. The molecule has 5 nitrogen and oxygen atoms in total. The summed E-state index contributed by atoms with van der Waals surface area (Å²) < 4.78 is 5.38. The first kappa shape index (κ1) is 15.6. The molecule has 1 aromatic rings. The van der Waals surface area contributed by atoms with Crippen molar-refractivity contribution in [1.82, 2.24) is 4.98 Å². The van der Waals surface area contributed by atoms with Gasteiger partial charge in [-0.25, -0.2) is 4.98 Å². The number of carbonyl (C=O) groups excluding carboxylic acids is 2. The maximum Gasteiger partial charge on any atom is 0.310 e. The number of rotatable bonds is 7. The second-order valence-electron chi connectivity index (χ2n) is 5.78. The maximum absolute atomic E-state index is 12.4. The minimum atomic E-state index is -0.971. The van der Waals surface area contributed by atoms with E-state index in [0.29, 0.717) is 6.42 Å². The molecule has 2 heterocycles. The Labute approximate surface area is 125 Å². The molecule has 0 saturated carbocycles. The number of Topliss-reactive ketones (excluding diaryl/α,β-unsaturated/α-hetero) is 1. The van der Waals surface area contributed by atoms with Gasteiger partial charge in [0.15, 0.2) is 5.60 Å². The average Bonchev–Trinajstić information content (AvgIpc) is 2.79. The van der Waals surface area contributed by atoms with E-state index >= 15 is 0 Å². The Hall–Kier alpha value is -1.75. The van der Waals surface area contributed by atoms with Crippen LogP contribution in [0.1, 0.15) is 39.5 Å². The lowest BCUT2D eigenvalue weighted by atomic mass is 9.89. The minimum absolute atomic E-state index is 0.0551. The van der Waals surface area contributed by atoms with Crippen molar-refractivity contribution in [2.24, 2.45) is 5.92 Å². The van der Waals surface area contributed by atoms with Gasteiger partial charge in [0.05, 0.1) is 5.92 Å². The molecular formula is C16H23N2O3+. The molecule has 1 saturated heterocycles. The molecule has 2 rings (SSSR count). The lowest BCUT2D eigenvalue weighted by Gasteiger charge is -2.19. The minimum Gasteiger partial charge on any atom is -0.451 e. The SMILES string of the molecule is CCCCC1CC(C)(C(=O)C[NH2+]c2ccccn2)OC1=O. The Morgan fingerprint density at radius 2 is 2.33 bits per heavy atom. The first-order valence-electron chi connectivity index (χ1n) is 7.55. The molecule has 0 bridgehead atoms. The molecule has 1 aliphatic rings. The highest BCUT2D eigenvalue weighted by Gasteiger charge is 2.48. The molecule has 1 fully saturated rings. The fraction of sp³-hybridized carbons (Fsp3) is 0.562. The Balaban J connectivity index is 1.91. The Morgan fingerprint density at radius 1 is 1.52 bits per heavy atom. The highest BCUT2D eigenvalue weighted by Crippen LogP contribution is 2.34. The van der Waals surface area contributed by atoms with Crippen LogP contribution >= 0.6 is 0 Å². The standard InChI is InChI=1S/C16H22N2O3/c1-3-4-7-12-10-16(2,21-15(12)20)13(19)11-18-14-8-5-6-9-17-14/h5-6,8-9,12H,3-4,7,10-11H2,1-2H3,(H,17,18)/p+1. The van der Waals surface area contributed by atoms with E-state index in [2.05, 4.69) is 11.9 Å². The number of cyclic esters (lactones) is 1. The average molecular weight is 291 g/mol. The summed E-state index contributed by atoms with van der Waals surface area (Å²) >= 11 is 0. The second-order valence-corrected chi connectivity index (χ2v) is 5.78. The Kier molecular flexibility index (Phi) is 5.07. The van der Waals surface area contributed by atoms with E-state index < -0.39 is 5.60 Å². The largest absolute Gasteiger partial charge is 0.451 e. The third kappa shape index (κ3) is 3.88. The summed E-state index contributed by atoms with van der Waals surface area (Å²) in [6.07, 6.45) is 5.03. The first-order valence-corrected chi connectivity index (χ1v) is 7.55. The molecule has 0 amide bonds. The van der Waals surface area contributed by atoms with E-state index in [1.807, 2.05) is 18.2 Å². The number of hydrogen-bond donors (Lipinski definition) is 1. The van der Waals surface area contributed by atoms with Crippen LogP contribution < -0.4 is 5.32 Å². The summed E-state index contributed by atoms with van der Waals surface area (Å²) in [5.41, 5.74) is -0.971. The van der Waals surface area contributed by atoms with Gasteiger partial charge in [-0.15, -0.1) is 0 Å². The molecule has 5 heteroatoms. The lowest BCUT2D eigenvalue weighted by Crippen LogP contribution is -2.81. The summed E-state index contributed by atoms with van der Waals surface area (Å²) in [5.74, 6) is 0.354. The molecule has 1 aromatic heterocycles. The third-order valence-corrected chi connectivity index (χ3v) is 3.98. The smallest absolute Gasteiger partial charge is 0.310 e. The number of aromatic nitrogens is 1. The number of esters is 1. The van der Waals surface area contributed by atoms with Crippen LogP contribution in [0.4, 0.5) is 5.82 Å². The van der Waals surface area contributed by atoms with Crippen molar-refractivity contribution >= 4 is 17.6 Å². The van der Waals surface area contributed by atoms with E-state index in [9.17, 15) is 9.59 Å². The number of hydrogen-bond acceptors (Lipinski definition) is 4. The van der Waals surface area contributed by atoms with E-state index in [4.69, 9.17) is 4.74 Å². The zero-order valence-corrected chi connectivity index (χ0v) is 12.7. The van der Waals surface area contributed by atoms with E-state index in [-0.39, 0.29) is 24.2 Å². The predicted octanol–water partition coefficient (Wildman–Crippen LogP) is 1.36. The highest BCUT2D eigenvalue weighted by atomic mass is 16.6. The number of ether oxygens (including phenoxy) is 1. The van der Waals surface area contributed by atoms with Gasteiger partial charge in [-0.2, -0.15) is 0 Å². The van der Waals surface area contributed by atoms with Gasteiger partial charge in [0.2, 0.25) is 11.6 Å². The number of quaternary nitrogens is 1. The Bertz CT molecular complexity index is 504. The van der Waals surface area contributed by atoms with Crippen molar-refractivity contribution in [2.45, 2.75) is 45.1 Å². The molecule has 0 aromatic carbocycles. The summed E-state index contributed by atoms with van der Waals surface area (Å²) in [6.45, 7) is 4.05. The molecule has 0 spiro atoms. The third-order valence-electron chi connectivity index (χ3n) is 3.98. The molecular weight excluding hydrogens is 268 g/mol. The van der Waals surface area contributed by atoms with Crippen molar-refractivity contribution in [3.8, 4) is 0 Å². The maximum atomic E-state index is 12.4. The highest BCUT2D eigenvalue weighted by molar-refractivity contribution is 5.93. The van der Waals surface area contributed by atoms with E-state index in [1.165, 1.54) is 0 Å². The van der Waals surface area contributed by atoms with E-state index in [0.717, 1.165) is 25.1 Å². The molecule has 1 aliphatic heterocycles. The molecule has 0 radical (unpaired) electrons. The van der Waals surface area contributed by atoms with Crippen molar-refractivity contribution in [1.29, 1.82) is 0 Å². The summed E-state index contributed by atoms with van der Waals surface area (Å²) in [4.78, 5) is 28.4. The molecule has 114 valence electrons. The normalized spacial score (nSPS) is 24.9. The number of carbonyl (C=O) groups is 2. The summed E-state index contributed by atoms with van der Waals surface area (Å²) in [5, 5.41) is 1.78. The number of unbranched alkanes of at least 4 members (excludes halogenated alkanes) is 1. The van der Waals surface area contributed by atoms with Crippen LogP contribution in [0.5, 0.6) is 0 Å². The number of nitrogens with zero attached hydrogens (tertiary/aromatic N) is 1. The fourth-order valence-electron chi connectivity index (χ4n) is 2.65. The van der Waals surface area contributed by atoms with Gasteiger partial charge in [0.1, 0.15) is 6.54 Å². The number of nitrogens with two attached hydrogens (primary N) is 1. The van der Waals surface area contributed by atoms with Gasteiger partial charge < -0.3 is 4.74 Å². The molecule has 2 atom stereocenters. The van der Waals surface area contributed by atoms with Crippen molar-refractivity contribution in [3.63, 3.8) is 0 Å². The number of pyridine rings is 1.